The predicted octanol–water partition coefficient (Wildman–Crippen LogP) is 2.56. The zero-order valence-electron chi connectivity index (χ0n) is 15.9. The minimum absolute atomic E-state index is 0.0274. The number of anilines is 1. The minimum atomic E-state index is -3.69. The van der Waals surface area contributed by atoms with Gasteiger partial charge < -0.3 is 9.88 Å². The van der Waals surface area contributed by atoms with Gasteiger partial charge in [0.25, 0.3) is 10.0 Å². The van der Waals surface area contributed by atoms with Crippen LogP contribution in [0, 0.1) is 11.3 Å². The first kappa shape index (κ1) is 19.2. The molecule has 0 unspecified atom stereocenters. The highest BCUT2D eigenvalue weighted by molar-refractivity contribution is 7.89. The first-order chi connectivity index (χ1) is 14.0. The fourth-order valence-corrected chi connectivity index (χ4v) is 5.15. The van der Waals surface area contributed by atoms with Gasteiger partial charge in [-0.2, -0.15) is 9.57 Å². The maximum Gasteiger partial charge on any atom is 0.262 e. The molecule has 1 aliphatic heterocycles. The van der Waals surface area contributed by atoms with E-state index >= 15 is 0 Å². The molecule has 3 aromatic rings. The normalized spacial score (nSPS) is 19.7. The molecule has 29 heavy (non-hydrogen) atoms. The van der Waals surface area contributed by atoms with Crippen LogP contribution in [0.4, 0.5) is 5.69 Å². The molecule has 1 fully saturated rings. The lowest BCUT2D eigenvalue weighted by molar-refractivity contribution is 0.468. The second kappa shape index (κ2) is 7.70. The van der Waals surface area contributed by atoms with Crippen LogP contribution in [-0.2, 0) is 17.1 Å². The fraction of sp³-hybridized carbons (Fsp3) is 0.238. The zero-order valence-corrected chi connectivity index (χ0v) is 16.7. The third-order valence-corrected chi connectivity index (χ3v) is 6.86. The molecule has 1 aliphatic rings. The summed E-state index contributed by atoms with van der Waals surface area (Å²) in [6.07, 6.45) is 3.00. The van der Waals surface area contributed by atoms with E-state index in [2.05, 4.69) is 16.4 Å². The summed E-state index contributed by atoms with van der Waals surface area (Å²) in [5, 5.41) is 12.7. The van der Waals surface area contributed by atoms with E-state index < -0.39 is 10.0 Å². The highest BCUT2D eigenvalue weighted by atomic mass is 32.2. The molecule has 148 valence electrons. The molecule has 0 saturated carbocycles. The minimum Gasteiger partial charge on any atom is -0.380 e. The second-order valence-electron chi connectivity index (χ2n) is 7.16. The van der Waals surface area contributed by atoms with E-state index in [0.29, 0.717) is 18.7 Å². The molecule has 2 aromatic carbocycles. The number of nitriles is 1. The van der Waals surface area contributed by atoms with Gasteiger partial charge in [-0.3, -0.25) is 0 Å². The first-order valence-electron chi connectivity index (χ1n) is 9.27. The van der Waals surface area contributed by atoms with Crippen molar-refractivity contribution < 1.29 is 8.42 Å². The quantitative estimate of drug-likeness (QED) is 0.702. The standard InChI is InChI=1S/C21H21N5O2S/c1-25-14-21(23-15-25)29(27,28)26-12-19(17-7-3-2-4-8-17)20(13-26)24-18-9-5-6-16(10-18)11-22/h2-10,14-15,19-20,24H,12-13H2,1H3/t19-,20+/m0/s1. The van der Waals surface area contributed by atoms with Crippen LogP contribution in [0.25, 0.3) is 0 Å². The topological polar surface area (TPSA) is 91.0 Å². The van der Waals surface area contributed by atoms with Crippen LogP contribution in [0.2, 0.25) is 0 Å². The molecule has 0 amide bonds. The maximum absolute atomic E-state index is 13.1. The van der Waals surface area contributed by atoms with Gasteiger partial charge in [0.1, 0.15) is 0 Å². The number of imidazole rings is 1. The van der Waals surface area contributed by atoms with Crippen LogP contribution in [0.15, 0.2) is 72.1 Å². The van der Waals surface area contributed by atoms with Gasteiger partial charge in [-0.25, -0.2) is 13.4 Å². The van der Waals surface area contributed by atoms with Crippen molar-refractivity contribution in [2.24, 2.45) is 7.05 Å². The Balaban J connectivity index is 1.65. The summed E-state index contributed by atoms with van der Waals surface area (Å²) in [6.45, 7) is 0.674. The van der Waals surface area contributed by atoms with E-state index in [1.807, 2.05) is 42.5 Å². The number of nitrogens with zero attached hydrogens (tertiary/aromatic N) is 4. The number of hydrogen-bond acceptors (Lipinski definition) is 5. The van der Waals surface area contributed by atoms with E-state index in [-0.39, 0.29) is 17.0 Å². The predicted molar refractivity (Wildman–Crippen MR) is 110 cm³/mol. The van der Waals surface area contributed by atoms with Crippen molar-refractivity contribution in [2.45, 2.75) is 17.0 Å². The number of nitrogens with one attached hydrogen (secondary N) is 1. The van der Waals surface area contributed by atoms with Crippen LogP contribution in [-0.4, -0.2) is 41.4 Å². The Labute approximate surface area is 170 Å². The van der Waals surface area contributed by atoms with Gasteiger partial charge in [-0.05, 0) is 23.8 Å². The smallest absolute Gasteiger partial charge is 0.262 e. The number of aromatic nitrogens is 2. The summed E-state index contributed by atoms with van der Waals surface area (Å²) in [5.41, 5.74) is 2.43. The third kappa shape index (κ3) is 3.88. The highest BCUT2D eigenvalue weighted by Crippen LogP contribution is 2.33. The van der Waals surface area contributed by atoms with Crippen LogP contribution in [0.5, 0.6) is 0 Å². The Morgan fingerprint density at radius 3 is 2.62 bits per heavy atom. The van der Waals surface area contributed by atoms with Gasteiger partial charge in [0.15, 0.2) is 5.03 Å². The van der Waals surface area contributed by atoms with Gasteiger partial charge in [0, 0.05) is 44.0 Å². The van der Waals surface area contributed by atoms with Crippen molar-refractivity contribution >= 4 is 15.7 Å². The van der Waals surface area contributed by atoms with E-state index in [1.54, 1.807) is 23.7 Å². The van der Waals surface area contributed by atoms with Gasteiger partial charge in [0.2, 0.25) is 0 Å². The average Bonchev–Trinajstić information content (AvgIpc) is 3.36. The summed E-state index contributed by atoms with van der Waals surface area (Å²) in [6, 6.07) is 19.1. The zero-order chi connectivity index (χ0) is 20.4. The number of sulfonamides is 1. The molecule has 1 aromatic heterocycles. The van der Waals surface area contributed by atoms with Gasteiger partial charge in [0.05, 0.1) is 18.0 Å². The van der Waals surface area contributed by atoms with Crippen molar-refractivity contribution in [1.29, 1.82) is 5.26 Å². The molecule has 0 aliphatic carbocycles. The largest absolute Gasteiger partial charge is 0.380 e. The molecule has 0 bridgehead atoms. The lowest BCUT2D eigenvalue weighted by Crippen LogP contribution is -2.32. The van der Waals surface area contributed by atoms with Crippen LogP contribution in [0.3, 0.4) is 0 Å². The monoisotopic (exact) mass is 407 g/mol. The molecule has 2 heterocycles. The van der Waals surface area contributed by atoms with Crippen LogP contribution >= 0.6 is 0 Å². The molecule has 0 radical (unpaired) electrons. The van der Waals surface area contributed by atoms with Crippen molar-refractivity contribution in [3.8, 4) is 6.07 Å². The van der Waals surface area contributed by atoms with Crippen molar-refractivity contribution in [1.82, 2.24) is 13.9 Å². The lowest BCUT2D eigenvalue weighted by atomic mass is 9.94. The van der Waals surface area contributed by atoms with Crippen molar-refractivity contribution in [2.75, 3.05) is 18.4 Å². The molecular weight excluding hydrogens is 386 g/mol. The molecule has 2 atom stereocenters. The Morgan fingerprint density at radius 2 is 1.93 bits per heavy atom. The Morgan fingerprint density at radius 1 is 1.14 bits per heavy atom. The number of benzene rings is 2. The summed E-state index contributed by atoms with van der Waals surface area (Å²) in [4.78, 5) is 4.04. The summed E-state index contributed by atoms with van der Waals surface area (Å²) in [7, 11) is -1.94. The third-order valence-electron chi connectivity index (χ3n) is 5.14. The van der Waals surface area contributed by atoms with E-state index in [4.69, 9.17) is 5.26 Å². The summed E-state index contributed by atoms with van der Waals surface area (Å²) < 4.78 is 29.3. The molecule has 1 N–H and O–H groups in total. The summed E-state index contributed by atoms with van der Waals surface area (Å²) >= 11 is 0. The maximum atomic E-state index is 13.1. The van der Waals surface area contributed by atoms with E-state index in [0.717, 1.165) is 11.3 Å². The van der Waals surface area contributed by atoms with E-state index in [9.17, 15) is 8.42 Å². The van der Waals surface area contributed by atoms with E-state index in [1.165, 1.54) is 16.8 Å². The SMILES string of the molecule is Cn1cnc(S(=O)(=O)N2C[C@@H](Nc3cccc(C#N)c3)[C@H](c3ccccc3)C2)c1. The van der Waals surface area contributed by atoms with Gasteiger partial charge in [-0.15, -0.1) is 0 Å². The molecule has 1 saturated heterocycles. The molecular formula is C21H21N5O2S. The number of aryl methyl sites for hydroxylation is 1. The van der Waals surface area contributed by atoms with Crippen LogP contribution < -0.4 is 5.32 Å². The Hall–Kier alpha value is -3.15. The molecule has 0 spiro atoms. The number of hydrogen-bond donors (Lipinski definition) is 1. The molecule has 7 nitrogen and oxygen atoms in total. The molecule has 4 rings (SSSR count). The van der Waals surface area contributed by atoms with Crippen LogP contribution in [0.1, 0.15) is 17.0 Å². The van der Waals surface area contributed by atoms with Gasteiger partial charge >= 0.3 is 0 Å². The molecule has 8 heteroatoms. The van der Waals surface area contributed by atoms with Crippen molar-refractivity contribution in [3.63, 3.8) is 0 Å². The lowest BCUT2D eigenvalue weighted by Gasteiger charge is -2.21. The average molecular weight is 407 g/mol. The highest BCUT2D eigenvalue weighted by Gasteiger charge is 2.40. The van der Waals surface area contributed by atoms with Gasteiger partial charge in [-0.1, -0.05) is 36.4 Å². The summed E-state index contributed by atoms with van der Waals surface area (Å²) in [5.74, 6) is -0.0274. The van der Waals surface area contributed by atoms with Crippen molar-refractivity contribution in [3.05, 3.63) is 78.2 Å². The first-order valence-corrected chi connectivity index (χ1v) is 10.7. The Kier molecular flexibility index (Phi) is 5.09. The second-order valence-corrected chi connectivity index (χ2v) is 9.04. The fourth-order valence-electron chi connectivity index (χ4n) is 3.70. The number of rotatable bonds is 5. The Bertz CT molecular complexity index is 1150.